The van der Waals surface area contributed by atoms with Gasteiger partial charge in [0.25, 0.3) is 0 Å². The lowest BCUT2D eigenvalue weighted by atomic mass is 10.0. The van der Waals surface area contributed by atoms with E-state index >= 15 is 0 Å². The van der Waals surface area contributed by atoms with Crippen LogP contribution in [0, 0.1) is 0 Å². The average molecular weight is 374 g/mol. The normalized spacial score (nSPS) is 17.5. The van der Waals surface area contributed by atoms with Gasteiger partial charge in [0.1, 0.15) is 5.69 Å². The van der Waals surface area contributed by atoms with Gasteiger partial charge in [-0.15, -0.1) is 10.2 Å². The third-order valence-electron chi connectivity index (χ3n) is 4.80. The van der Waals surface area contributed by atoms with Crippen LogP contribution >= 0.6 is 11.8 Å². The van der Waals surface area contributed by atoms with Gasteiger partial charge >= 0.3 is 0 Å². The van der Waals surface area contributed by atoms with Crippen LogP contribution in [-0.2, 0) is 11.3 Å². The lowest BCUT2D eigenvalue weighted by Crippen LogP contribution is -2.44. The van der Waals surface area contributed by atoms with Crippen molar-refractivity contribution < 1.29 is 4.79 Å². The number of hydrogen-bond donors (Lipinski definition) is 0. The number of pyridine rings is 1. The maximum atomic E-state index is 12.7. The average Bonchev–Trinajstić information content (AvgIpc) is 3.09. The van der Waals surface area contributed by atoms with Gasteiger partial charge in [-0.1, -0.05) is 31.7 Å². The molecule has 2 aromatic rings. The van der Waals surface area contributed by atoms with Crippen LogP contribution in [0.4, 0.5) is 0 Å². The van der Waals surface area contributed by atoms with Gasteiger partial charge in [0.15, 0.2) is 11.0 Å². The monoisotopic (exact) mass is 373 g/mol. The Morgan fingerprint density at radius 3 is 2.88 bits per heavy atom. The number of rotatable bonds is 7. The molecule has 0 aliphatic carbocycles. The van der Waals surface area contributed by atoms with E-state index in [0.29, 0.717) is 11.8 Å². The summed E-state index contributed by atoms with van der Waals surface area (Å²) in [5.41, 5.74) is 0.814. The van der Waals surface area contributed by atoms with Gasteiger partial charge in [-0.05, 0) is 44.2 Å². The number of thioether (sulfide) groups is 1. The summed E-state index contributed by atoms with van der Waals surface area (Å²) in [7, 11) is 0. The van der Waals surface area contributed by atoms with Crippen LogP contribution in [0.1, 0.15) is 46.0 Å². The second-order valence-electron chi connectivity index (χ2n) is 6.61. The molecule has 140 valence electrons. The Hall–Kier alpha value is -1.89. The minimum absolute atomic E-state index is 0.215. The zero-order chi connectivity index (χ0) is 18.4. The molecule has 0 radical (unpaired) electrons. The van der Waals surface area contributed by atoms with Gasteiger partial charge in [-0.25, -0.2) is 0 Å². The fourth-order valence-corrected chi connectivity index (χ4v) is 4.32. The zero-order valence-electron chi connectivity index (χ0n) is 15.6. The number of carbonyl (C=O) groups excluding carboxylic acids is 1. The molecule has 3 rings (SSSR count). The van der Waals surface area contributed by atoms with Gasteiger partial charge in [0.2, 0.25) is 5.91 Å². The van der Waals surface area contributed by atoms with E-state index in [1.807, 2.05) is 18.2 Å². The second kappa shape index (κ2) is 9.16. The Balaban J connectivity index is 1.71. The molecule has 7 heteroatoms. The number of nitrogens with zero attached hydrogens (tertiary/aromatic N) is 5. The third kappa shape index (κ3) is 4.26. The molecule has 0 bridgehead atoms. The molecule has 1 aliphatic heterocycles. The smallest absolute Gasteiger partial charge is 0.233 e. The second-order valence-corrected chi connectivity index (χ2v) is 7.55. The highest BCUT2D eigenvalue weighted by Crippen LogP contribution is 2.25. The fraction of sp³-hybridized carbons (Fsp3) is 0.579. The predicted octanol–water partition coefficient (Wildman–Crippen LogP) is 3.63. The first kappa shape index (κ1) is 18.9. The minimum atomic E-state index is 0.215. The van der Waals surface area contributed by atoms with Gasteiger partial charge < -0.3 is 9.47 Å². The summed E-state index contributed by atoms with van der Waals surface area (Å²) in [4.78, 5) is 19.2. The molecule has 2 aromatic heterocycles. The molecule has 0 unspecified atom stereocenters. The fourth-order valence-electron chi connectivity index (χ4n) is 3.47. The lowest BCUT2D eigenvalue weighted by molar-refractivity contribution is -0.132. The highest BCUT2D eigenvalue weighted by molar-refractivity contribution is 7.99. The van der Waals surface area contributed by atoms with E-state index in [2.05, 4.69) is 38.5 Å². The largest absolute Gasteiger partial charge is 0.339 e. The van der Waals surface area contributed by atoms with Crippen molar-refractivity contribution in [3.05, 3.63) is 24.4 Å². The molecule has 1 fully saturated rings. The summed E-state index contributed by atoms with van der Waals surface area (Å²) in [6, 6.07) is 6.18. The molecule has 3 heterocycles. The van der Waals surface area contributed by atoms with Crippen molar-refractivity contribution in [3.63, 3.8) is 0 Å². The van der Waals surface area contributed by atoms with E-state index < -0.39 is 0 Å². The molecule has 0 saturated carbocycles. The molecule has 6 nitrogen and oxygen atoms in total. The van der Waals surface area contributed by atoms with E-state index in [9.17, 15) is 4.79 Å². The molecular formula is C19H27N5OS. The summed E-state index contributed by atoms with van der Waals surface area (Å²) in [5.74, 6) is 1.40. The van der Waals surface area contributed by atoms with Crippen LogP contribution in [0.15, 0.2) is 29.6 Å². The molecule has 0 aromatic carbocycles. The number of aromatic nitrogens is 4. The van der Waals surface area contributed by atoms with E-state index in [1.54, 1.807) is 6.20 Å². The van der Waals surface area contributed by atoms with E-state index in [1.165, 1.54) is 18.2 Å². The Kier molecular flexibility index (Phi) is 6.66. The topological polar surface area (TPSA) is 63.9 Å². The molecule has 1 saturated heterocycles. The van der Waals surface area contributed by atoms with Crippen molar-refractivity contribution in [2.24, 2.45) is 0 Å². The summed E-state index contributed by atoms with van der Waals surface area (Å²) in [5, 5.41) is 9.46. The summed E-state index contributed by atoms with van der Waals surface area (Å²) in [6.07, 6.45) is 7.24. The Labute approximate surface area is 159 Å². The molecule has 0 spiro atoms. The number of piperidine rings is 1. The van der Waals surface area contributed by atoms with Gasteiger partial charge in [0, 0.05) is 25.3 Å². The van der Waals surface area contributed by atoms with Crippen LogP contribution in [0.3, 0.4) is 0 Å². The predicted molar refractivity (Wildman–Crippen MR) is 104 cm³/mol. The molecule has 0 N–H and O–H groups in total. The maximum absolute atomic E-state index is 12.7. The molecule has 1 atom stereocenters. The van der Waals surface area contributed by atoms with Gasteiger partial charge in [-0.3, -0.25) is 9.78 Å². The third-order valence-corrected chi connectivity index (χ3v) is 5.75. The van der Waals surface area contributed by atoms with Gasteiger partial charge in [-0.2, -0.15) is 0 Å². The number of amides is 1. The van der Waals surface area contributed by atoms with Crippen LogP contribution in [0.2, 0.25) is 0 Å². The lowest BCUT2D eigenvalue weighted by Gasteiger charge is -2.35. The molecular weight excluding hydrogens is 346 g/mol. The maximum Gasteiger partial charge on any atom is 0.233 e. The van der Waals surface area contributed by atoms with Gasteiger partial charge in [0.05, 0.1) is 5.75 Å². The first-order valence-corrected chi connectivity index (χ1v) is 10.5. The molecule has 1 amide bonds. The van der Waals surface area contributed by atoms with Crippen LogP contribution in [0.5, 0.6) is 0 Å². The standard InChI is InChI=1S/C19H27N5OS/c1-3-12-24-18(16-10-5-7-11-20-16)21-22-19(24)26-14-17(25)23-13-8-6-9-15(23)4-2/h5,7,10-11,15H,3-4,6,8-9,12-14H2,1-2H3/t15-/m0/s1. The van der Waals surface area contributed by atoms with Crippen molar-refractivity contribution in [1.82, 2.24) is 24.6 Å². The summed E-state index contributed by atoms with van der Waals surface area (Å²) in [6.45, 7) is 6.00. The van der Waals surface area contributed by atoms with Crippen LogP contribution in [0.25, 0.3) is 11.5 Å². The Morgan fingerprint density at radius 2 is 2.15 bits per heavy atom. The van der Waals surface area contributed by atoms with E-state index in [0.717, 1.165) is 55.4 Å². The van der Waals surface area contributed by atoms with Crippen LogP contribution in [-0.4, -0.2) is 48.9 Å². The number of carbonyl (C=O) groups is 1. The minimum Gasteiger partial charge on any atom is -0.339 e. The summed E-state index contributed by atoms with van der Waals surface area (Å²) < 4.78 is 2.08. The van der Waals surface area contributed by atoms with Crippen molar-refractivity contribution in [2.45, 2.75) is 63.7 Å². The van der Waals surface area contributed by atoms with E-state index in [-0.39, 0.29) is 5.91 Å². The number of hydrogen-bond acceptors (Lipinski definition) is 5. The molecule has 26 heavy (non-hydrogen) atoms. The van der Waals surface area contributed by atoms with Crippen molar-refractivity contribution in [3.8, 4) is 11.5 Å². The van der Waals surface area contributed by atoms with Crippen molar-refractivity contribution in [2.75, 3.05) is 12.3 Å². The molecule has 1 aliphatic rings. The first-order valence-electron chi connectivity index (χ1n) is 9.51. The zero-order valence-corrected chi connectivity index (χ0v) is 16.4. The van der Waals surface area contributed by atoms with Crippen LogP contribution < -0.4 is 0 Å². The van der Waals surface area contributed by atoms with E-state index in [4.69, 9.17) is 0 Å². The number of likely N-dealkylation sites (tertiary alicyclic amines) is 1. The quantitative estimate of drug-likeness (QED) is 0.694. The SMILES string of the molecule is CCCn1c(SCC(=O)N2CCCC[C@@H]2CC)nnc1-c1ccccn1. The van der Waals surface area contributed by atoms with Crippen molar-refractivity contribution in [1.29, 1.82) is 0 Å². The van der Waals surface area contributed by atoms with Crippen molar-refractivity contribution >= 4 is 17.7 Å². The highest BCUT2D eigenvalue weighted by atomic mass is 32.2. The first-order chi connectivity index (χ1) is 12.7. The Bertz CT molecular complexity index is 718. The summed E-state index contributed by atoms with van der Waals surface area (Å²) >= 11 is 1.49. The Morgan fingerprint density at radius 1 is 1.27 bits per heavy atom. The highest BCUT2D eigenvalue weighted by Gasteiger charge is 2.26.